The van der Waals surface area contributed by atoms with E-state index in [-0.39, 0.29) is 5.56 Å². The second-order valence-corrected chi connectivity index (χ2v) is 7.41. The van der Waals surface area contributed by atoms with Crippen molar-refractivity contribution < 1.29 is 4.90 Å². The second-order valence-electron chi connectivity index (χ2n) is 6.32. The smallest absolute Gasteiger partial charge is 0.268 e. The van der Waals surface area contributed by atoms with Crippen molar-refractivity contribution in [2.24, 2.45) is 5.84 Å². The first-order chi connectivity index (χ1) is 11.6. The van der Waals surface area contributed by atoms with Gasteiger partial charge in [-0.05, 0) is 24.1 Å². The number of hydrogen-bond acceptors (Lipinski definition) is 5. The molecule has 0 spiro atoms. The Balaban J connectivity index is 2.06. The van der Waals surface area contributed by atoms with Gasteiger partial charge in [0.1, 0.15) is 11.4 Å². The number of hydrogen-bond donors (Lipinski definition) is 3. The number of thiophene rings is 1. The Bertz CT molecular complexity index is 991. The molecule has 24 heavy (non-hydrogen) atoms. The minimum atomic E-state index is -0.0423. The van der Waals surface area contributed by atoms with E-state index in [1.165, 1.54) is 15.3 Å². The number of rotatable bonds is 2. The molecule has 4 rings (SSSR count). The molecule has 1 aliphatic heterocycles. The summed E-state index contributed by atoms with van der Waals surface area (Å²) in [5.74, 6) is 6.05. The predicted molar refractivity (Wildman–Crippen MR) is 96.9 cm³/mol. The van der Waals surface area contributed by atoms with Crippen LogP contribution >= 0.6 is 11.3 Å². The van der Waals surface area contributed by atoms with E-state index in [2.05, 4.69) is 17.5 Å². The van der Waals surface area contributed by atoms with Crippen molar-refractivity contribution >= 4 is 27.5 Å². The molecule has 7 heteroatoms. The van der Waals surface area contributed by atoms with Crippen molar-refractivity contribution in [2.75, 3.05) is 19.0 Å². The van der Waals surface area contributed by atoms with Crippen LogP contribution in [0.1, 0.15) is 16.0 Å². The lowest BCUT2D eigenvalue weighted by molar-refractivity contribution is -0.895. The highest BCUT2D eigenvalue weighted by Crippen LogP contribution is 2.30. The first kappa shape index (κ1) is 15.3. The Labute approximate surface area is 143 Å². The molecule has 2 aromatic heterocycles. The molecule has 4 N–H and O–H groups in total. The number of likely N-dealkylation sites (N-methyl/N-ethyl adjacent to an activating group) is 1. The first-order valence-corrected chi connectivity index (χ1v) is 8.83. The molecular formula is C17H20N5OS+. The van der Waals surface area contributed by atoms with Crippen LogP contribution in [0.15, 0.2) is 29.1 Å². The molecule has 1 unspecified atom stereocenters. The van der Waals surface area contributed by atoms with Crippen molar-refractivity contribution in [3.63, 3.8) is 0 Å². The molecule has 124 valence electrons. The van der Waals surface area contributed by atoms with Crippen molar-refractivity contribution in [3.8, 4) is 5.69 Å². The van der Waals surface area contributed by atoms with Crippen LogP contribution in [0.2, 0.25) is 0 Å². The second kappa shape index (κ2) is 5.70. The molecule has 0 saturated carbocycles. The van der Waals surface area contributed by atoms with Gasteiger partial charge >= 0.3 is 0 Å². The lowest BCUT2D eigenvalue weighted by Crippen LogP contribution is -3.08. The van der Waals surface area contributed by atoms with Crippen molar-refractivity contribution in [1.82, 2.24) is 9.55 Å². The number of nitrogen functional groups attached to an aromatic ring is 1. The van der Waals surface area contributed by atoms with E-state index in [1.807, 2.05) is 31.2 Å². The minimum Gasteiger partial charge on any atom is -0.333 e. The van der Waals surface area contributed by atoms with Crippen LogP contribution in [0.3, 0.4) is 0 Å². The number of benzene rings is 1. The Kier molecular flexibility index (Phi) is 3.64. The molecule has 0 bridgehead atoms. The standard InChI is InChI=1S/C17H19N5OS/c1-10-5-3-4-6-12(10)22-16(23)14-11-7-8-21(2)9-13(11)24-15(14)19-17(22)20-18/h3-6H,7-9,18H2,1-2H3,(H,19,20)/p+1. The fourth-order valence-electron chi connectivity index (χ4n) is 3.39. The number of para-hydroxylation sites is 1. The lowest BCUT2D eigenvalue weighted by atomic mass is 10.1. The maximum Gasteiger partial charge on any atom is 0.268 e. The molecule has 0 amide bonds. The average Bonchev–Trinajstić information content (AvgIpc) is 2.93. The van der Waals surface area contributed by atoms with Crippen LogP contribution in [0.5, 0.6) is 0 Å². The molecular weight excluding hydrogens is 322 g/mol. The van der Waals surface area contributed by atoms with Crippen molar-refractivity contribution in [1.29, 1.82) is 0 Å². The molecule has 1 aliphatic rings. The molecule has 6 nitrogen and oxygen atoms in total. The third-order valence-corrected chi connectivity index (χ3v) is 5.78. The summed E-state index contributed by atoms with van der Waals surface area (Å²) in [7, 11) is 2.18. The zero-order valence-electron chi connectivity index (χ0n) is 13.7. The van der Waals surface area contributed by atoms with Gasteiger partial charge < -0.3 is 4.90 Å². The van der Waals surface area contributed by atoms with Gasteiger partial charge in [0.2, 0.25) is 5.95 Å². The quantitative estimate of drug-likeness (QED) is 0.471. The normalized spacial score (nSPS) is 17.0. The summed E-state index contributed by atoms with van der Waals surface area (Å²) in [6.07, 6.45) is 0.918. The van der Waals surface area contributed by atoms with E-state index in [0.29, 0.717) is 5.95 Å². The van der Waals surface area contributed by atoms with Gasteiger partial charge in [-0.1, -0.05) is 18.2 Å². The lowest BCUT2D eigenvalue weighted by Gasteiger charge is -2.19. The van der Waals surface area contributed by atoms with Crippen LogP contribution in [0.25, 0.3) is 15.9 Å². The fraction of sp³-hybridized carbons (Fsp3) is 0.294. The molecule has 0 aliphatic carbocycles. The summed E-state index contributed by atoms with van der Waals surface area (Å²) in [6, 6.07) is 7.77. The largest absolute Gasteiger partial charge is 0.333 e. The van der Waals surface area contributed by atoms with Crippen LogP contribution < -0.4 is 21.7 Å². The van der Waals surface area contributed by atoms with Crippen molar-refractivity contribution in [2.45, 2.75) is 19.9 Å². The number of fused-ring (bicyclic) bond motifs is 3. The highest BCUT2D eigenvalue weighted by molar-refractivity contribution is 7.18. The third-order valence-electron chi connectivity index (χ3n) is 4.66. The SMILES string of the molecule is Cc1ccccc1-n1c(NN)nc2sc3c(c2c1=O)CC[NH+](C)C3. The molecule has 0 saturated heterocycles. The number of aromatic nitrogens is 2. The Morgan fingerprint density at radius 2 is 2.17 bits per heavy atom. The van der Waals surface area contributed by atoms with Gasteiger partial charge in [-0.25, -0.2) is 15.4 Å². The maximum atomic E-state index is 13.3. The fourth-order valence-corrected chi connectivity index (χ4v) is 4.72. The molecule has 0 radical (unpaired) electrons. The monoisotopic (exact) mass is 342 g/mol. The van der Waals surface area contributed by atoms with Gasteiger partial charge in [0.15, 0.2) is 0 Å². The van der Waals surface area contributed by atoms with Gasteiger partial charge in [0.25, 0.3) is 5.56 Å². The first-order valence-electron chi connectivity index (χ1n) is 8.01. The van der Waals surface area contributed by atoms with Gasteiger partial charge in [0, 0.05) is 6.42 Å². The van der Waals surface area contributed by atoms with Crippen LogP contribution in [-0.4, -0.2) is 23.1 Å². The number of anilines is 1. The van der Waals surface area contributed by atoms with Crippen molar-refractivity contribution in [3.05, 3.63) is 50.6 Å². The van der Waals surface area contributed by atoms with E-state index >= 15 is 0 Å². The Morgan fingerprint density at radius 1 is 1.38 bits per heavy atom. The number of nitrogens with zero attached hydrogens (tertiary/aromatic N) is 2. The Morgan fingerprint density at radius 3 is 2.92 bits per heavy atom. The maximum absolute atomic E-state index is 13.3. The summed E-state index contributed by atoms with van der Waals surface area (Å²) < 4.78 is 1.59. The summed E-state index contributed by atoms with van der Waals surface area (Å²) >= 11 is 1.61. The molecule has 1 atom stereocenters. The van der Waals surface area contributed by atoms with Gasteiger partial charge in [0.05, 0.1) is 29.5 Å². The number of nitrogens with one attached hydrogen (secondary N) is 2. The van der Waals surface area contributed by atoms with E-state index in [0.717, 1.165) is 41.0 Å². The van der Waals surface area contributed by atoms with E-state index in [9.17, 15) is 4.79 Å². The van der Waals surface area contributed by atoms with E-state index < -0.39 is 0 Å². The summed E-state index contributed by atoms with van der Waals surface area (Å²) in [5.41, 5.74) is 5.54. The molecule has 0 fully saturated rings. The van der Waals surface area contributed by atoms with E-state index in [4.69, 9.17) is 5.84 Å². The summed E-state index contributed by atoms with van der Waals surface area (Å²) in [4.78, 5) is 21.4. The van der Waals surface area contributed by atoms with Gasteiger partial charge in [-0.15, -0.1) is 11.3 Å². The van der Waals surface area contributed by atoms with Crippen LogP contribution in [0.4, 0.5) is 5.95 Å². The third kappa shape index (κ3) is 2.24. The van der Waals surface area contributed by atoms with E-state index in [1.54, 1.807) is 15.9 Å². The number of quaternary nitrogens is 1. The summed E-state index contributed by atoms with van der Waals surface area (Å²) in [6.45, 7) is 3.97. The highest BCUT2D eigenvalue weighted by Gasteiger charge is 2.26. The molecule has 1 aromatic carbocycles. The summed E-state index contributed by atoms with van der Waals surface area (Å²) in [5, 5.41) is 0.754. The number of aryl methyl sites for hydroxylation is 1. The highest BCUT2D eigenvalue weighted by atomic mass is 32.1. The topological polar surface area (TPSA) is 77.4 Å². The zero-order chi connectivity index (χ0) is 16.8. The molecule has 3 heterocycles. The Hall–Kier alpha value is -2.22. The minimum absolute atomic E-state index is 0.0423. The van der Waals surface area contributed by atoms with Gasteiger partial charge in [-0.2, -0.15) is 0 Å². The number of hydrazine groups is 1. The van der Waals surface area contributed by atoms with Crippen LogP contribution in [0, 0.1) is 6.92 Å². The predicted octanol–water partition coefficient (Wildman–Crippen LogP) is 0.612. The zero-order valence-corrected chi connectivity index (χ0v) is 14.5. The average molecular weight is 342 g/mol. The van der Waals surface area contributed by atoms with Gasteiger partial charge in [-0.3, -0.25) is 10.2 Å². The molecule has 3 aromatic rings. The number of nitrogens with two attached hydrogens (primary N) is 1. The van der Waals surface area contributed by atoms with Crippen LogP contribution in [-0.2, 0) is 13.0 Å².